The van der Waals surface area contributed by atoms with Crippen molar-refractivity contribution in [2.45, 2.75) is 32.6 Å². The minimum atomic E-state index is -5.73. The molecule has 0 heterocycles. The van der Waals surface area contributed by atoms with E-state index in [9.17, 15) is 31.1 Å². The Morgan fingerprint density at radius 1 is 1.00 bits per heavy atom. The number of alkyl halides is 6. The van der Waals surface area contributed by atoms with Crippen LogP contribution in [0.25, 0.3) is 0 Å². The molecule has 0 N–H and O–H groups in total. The van der Waals surface area contributed by atoms with Gasteiger partial charge in [0.1, 0.15) is 0 Å². The molecule has 0 saturated heterocycles. The van der Waals surface area contributed by atoms with E-state index in [1.54, 1.807) is 0 Å². The summed E-state index contributed by atoms with van der Waals surface area (Å²) in [5.74, 6) is -2.31. The lowest BCUT2D eigenvalue weighted by Gasteiger charge is -2.33. The SMILES string of the molecule is CCOC(=O)C(CC)(C(F)(F)F)C(F)(F)F. The Kier molecular flexibility index (Phi) is 4.24. The fourth-order valence-corrected chi connectivity index (χ4v) is 1.19. The zero-order chi connectivity index (χ0) is 13.2. The lowest BCUT2D eigenvalue weighted by Crippen LogP contribution is -2.55. The maximum Gasteiger partial charge on any atom is 0.413 e. The van der Waals surface area contributed by atoms with Crippen molar-refractivity contribution in [2.24, 2.45) is 5.41 Å². The van der Waals surface area contributed by atoms with Crippen LogP contribution in [-0.2, 0) is 9.53 Å². The summed E-state index contributed by atoms with van der Waals surface area (Å²) < 4.78 is 78.4. The molecule has 0 aromatic heterocycles. The van der Waals surface area contributed by atoms with Crippen LogP contribution < -0.4 is 0 Å². The van der Waals surface area contributed by atoms with Gasteiger partial charge in [-0.15, -0.1) is 0 Å². The summed E-state index contributed by atoms with van der Waals surface area (Å²) in [4.78, 5) is 10.9. The van der Waals surface area contributed by atoms with E-state index in [1.807, 2.05) is 0 Å². The molecule has 2 nitrogen and oxygen atoms in total. The van der Waals surface area contributed by atoms with Crippen LogP contribution in [0, 0.1) is 5.41 Å². The zero-order valence-electron chi connectivity index (χ0n) is 8.50. The van der Waals surface area contributed by atoms with Gasteiger partial charge >= 0.3 is 18.3 Å². The van der Waals surface area contributed by atoms with Crippen LogP contribution in [0.4, 0.5) is 26.3 Å². The van der Waals surface area contributed by atoms with Crippen LogP contribution in [0.3, 0.4) is 0 Å². The van der Waals surface area contributed by atoms with Crippen molar-refractivity contribution in [3.63, 3.8) is 0 Å². The first kappa shape index (κ1) is 15.0. The fraction of sp³-hybridized carbons (Fsp3) is 0.875. The molecule has 0 saturated carbocycles. The van der Waals surface area contributed by atoms with Gasteiger partial charge in [-0.1, -0.05) is 6.92 Å². The van der Waals surface area contributed by atoms with Crippen molar-refractivity contribution in [3.8, 4) is 0 Å². The summed E-state index contributed by atoms with van der Waals surface area (Å²) >= 11 is 0. The van der Waals surface area contributed by atoms with Crippen molar-refractivity contribution >= 4 is 5.97 Å². The van der Waals surface area contributed by atoms with Gasteiger partial charge in [0, 0.05) is 0 Å². The fourth-order valence-electron chi connectivity index (χ4n) is 1.19. The number of carbonyl (C=O) groups is 1. The van der Waals surface area contributed by atoms with E-state index in [-0.39, 0.29) is 0 Å². The molecular weight excluding hydrogens is 242 g/mol. The summed E-state index contributed by atoms with van der Waals surface area (Å²) in [5, 5.41) is 0. The largest absolute Gasteiger partial charge is 0.465 e. The maximum atomic E-state index is 12.4. The molecule has 0 spiro atoms. The van der Waals surface area contributed by atoms with Gasteiger partial charge in [-0.2, -0.15) is 26.3 Å². The average molecular weight is 252 g/mol. The van der Waals surface area contributed by atoms with Crippen molar-refractivity contribution in [1.29, 1.82) is 0 Å². The number of carbonyl (C=O) groups excluding carboxylic acids is 1. The van der Waals surface area contributed by atoms with E-state index < -0.39 is 36.8 Å². The molecule has 16 heavy (non-hydrogen) atoms. The number of halogens is 6. The quantitative estimate of drug-likeness (QED) is 0.570. The normalized spacial score (nSPS) is 13.8. The molecule has 0 aliphatic carbocycles. The van der Waals surface area contributed by atoms with Gasteiger partial charge in [0.15, 0.2) is 0 Å². The smallest absolute Gasteiger partial charge is 0.413 e. The highest BCUT2D eigenvalue weighted by atomic mass is 19.4. The molecule has 0 unspecified atom stereocenters. The Morgan fingerprint density at radius 3 is 1.56 bits per heavy atom. The highest BCUT2D eigenvalue weighted by molar-refractivity contribution is 5.79. The molecule has 0 bridgehead atoms. The van der Waals surface area contributed by atoms with Gasteiger partial charge < -0.3 is 4.74 Å². The minimum Gasteiger partial charge on any atom is -0.465 e. The van der Waals surface area contributed by atoms with E-state index in [0.29, 0.717) is 6.92 Å². The number of ether oxygens (including phenoxy) is 1. The van der Waals surface area contributed by atoms with Gasteiger partial charge in [0.25, 0.3) is 5.41 Å². The molecule has 0 aliphatic rings. The molecular formula is C8H10F6O2. The Bertz CT molecular complexity index is 240. The standard InChI is InChI=1S/C8H10F6O2/c1-3-6(7(9,10)11,8(12,13)14)5(15)16-4-2/h3-4H2,1-2H3. The van der Waals surface area contributed by atoms with E-state index in [0.717, 1.165) is 6.92 Å². The van der Waals surface area contributed by atoms with E-state index in [4.69, 9.17) is 0 Å². The number of rotatable bonds is 3. The van der Waals surface area contributed by atoms with Crippen LogP contribution in [0.2, 0.25) is 0 Å². The molecule has 0 radical (unpaired) electrons. The summed E-state index contributed by atoms with van der Waals surface area (Å²) in [6.45, 7) is 1.22. The van der Waals surface area contributed by atoms with Crippen LogP contribution in [0.5, 0.6) is 0 Å². The number of esters is 1. The van der Waals surface area contributed by atoms with Crippen molar-refractivity contribution < 1.29 is 35.9 Å². The lowest BCUT2D eigenvalue weighted by molar-refractivity contribution is -0.333. The monoisotopic (exact) mass is 252 g/mol. The Hall–Kier alpha value is -0.950. The van der Waals surface area contributed by atoms with Crippen molar-refractivity contribution in [1.82, 2.24) is 0 Å². The lowest BCUT2D eigenvalue weighted by atomic mass is 9.83. The van der Waals surface area contributed by atoms with Crippen molar-refractivity contribution in [2.75, 3.05) is 6.61 Å². The maximum absolute atomic E-state index is 12.4. The first-order valence-electron chi connectivity index (χ1n) is 4.35. The number of hydrogen-bond acceptors (Lipinski definition) is 2. The third kappa shape index (κ3) is 2.25. The predicted octanol–water partition coefficient (Wildman–Crippen LogP) is 3.07. The third-order valence-corrected chi connectivity index (χ3v) is 2.12. The topological polar surface area (TPSA) is 26.3 Å². The summed E-state index contributed by atoms with van der Waals surface area (Å²) in [6.07, 6.45) is -12.9. The van der Waals surface area contributed by atoms with Gasteiger partial charge in [0.05, 0.1) is 6.61 Å². The second-order valence-electron chi connectivity index (χ2n) is 2.97. The summed E-state index contributed by atoms with van der Waals surface area (Å²) in [5.41, 5.74) is -4.43. The molecule has 0 aromatic rings. The molecule has 0 aromatic carbocycles. The first-order chi connectivity index (χ1) is 7.04. The molecule has 8 heteroatoms. The van der Waals surface area contributed by atoms with Gasteiger partial charge in [-0.05, 0) is 13.3 Å². The van der Waals surface area contributed by atoms with E-state index >= 15 is 0 Å². The van der Waals surface area contributed by atoms with Gasteiger partial charge in [0.2, 0.25) is 0 Å². The molecule has 0 atom stereocenters. The molecule has 0 amide bonds. The Balaban J connectivity index is 5.58. The molecule has 0 rings (SSSR count). The van der Waals surface area contributed by atoms with Gasteiger partial charge in [-0.3, -0.25) is 4.79 Å². The second-order valence-corrected chi connectivity index (χ2v) is 2.97. The Labute approximate surface area is 87.6 Å². The van der Waals surface area contributed by atoms with Gasteiger partial charge in [-0.25, -0.2) is 0 Å². The summed E-state index contributed by atoms with van der Waals surface area (Å²) in [6, 6.07) is 0. The Morgan fingerprint density at radius 2 is 1.38 bits per heavy atom. The van der Waals surface area contributed by atoms with Crippen LogP contribution >= 0.6 is 0 Å². The first-order valence-corrected chi connectivity index (χ1v) is 4.35. The van der Waals surface area contributed by atoms with Crippen molar-refractivity contribution in [3.05, 3.63) is 0 Å². The highest BCUT2D eigenvalue weighted by Crippen LogP contribution is 2.53. The average Bonchev–Trinajstić information content (AvgIpc) is 2.00. The third-order valence-electron chi connectivity index (χ3n) is 2.12. The van der Waals surface area contributed by atoms with Crippen LogP contribution in [-0.4, -0.2) is 24.9 Å². The van der Waals surface area contributed by atoms with Crippen LogP contribution in [0.15, 0.2) is 0 Å². The second kappa shape index (κ2) is 4.50. The van der Waals surface area contributed by atoms with E-state index in [1.165, 1.54) is 0 Å². The molecule has 0 aliphatic heterocycles. The molecule has 0 fully saturated rings. The minimum absolute atomic E-state index is 0.549. The van der Waals surface area contributed by atoms with Crippen LogP contribution in [0.1, 0.15) is 20.3 Å². The predicted molar refractivity (Wildman–Crippen MR) is 41.5 cm³/mol. The van der Waals surface area contributed by atoms with E-state index in [2.05, 4.69) is 4.74 Å². The highest BCUT2D eigenvalue weighted by Gasteiger charge is 2.75. The molecule has 96 valence electrons. The summed E-state index contributed by atoms with van der Waals surface area (Å²) in [7, 11) is 0. The number of hydrogen-bond donors (Lipinski definition) is 0. The zero-order valence-corrected chi connectivity index (χ0v) is 8.50.